The van der Waals surface area contributed by atoms with Crippen molar-refractivity contribution in [1.29, 1.82) is 0 Å². The third-order valence-corrected chi connectivity index (χ3v) is 2.33. The predicted molar refractivity (Wildman–Crippen MR) is 50.7 cm³/mol. The summed E-state index contributed by atoms with van der Waals surface area (Å²) in [6.07, 6.45) is 4.25. The Kier molecular flexibility index (Phi) is 2.58. The minimum atomic E-state index is 0.174. The van der Waals surface area contributed by atoms with E-state index in [2.05, 4.69) is 15.4 Å². The van der Waals surface area contributed by atoms with Gasteiger partial charge in [0.15, 0.2) is 5.78 Å². The van der Waals surface area contributed by atoms with Crippen LogP contribution in [-0.4, -0.2) is 33.1 Å². The summed E-state index contributed by atoms with van der Waals surface area (Å²) >= 11 is 0. The molecule has 0 amide bonds. The molecule has 1 fully saturated rings. The Morgan fingerprint density at radius 2 is 2.50 bits per heavy atom. The second-order valence-electron chi connectivity index (χ2n) is 3.67. The summed E-state index contributed by atoms with van der Waals surface area (Å²) in [6, 6.07) is 0.582. The van der Waals surface area contributed by atoms with Gasteiger partial charge in [0.05, 0.1) is 13.0 Å². The normalized spacial score (nSPS) is 15.8. The van der Waals surface area contributed by atoms with E-state index >= 15 is 0 Å². The highest BCUT2D eigenvalue weighted by molar-refractivity contribution is 5.82. The highest BCUT2D eigenvalue weighted by Gasteiger charge is 2.21. The van der Waals surface area contributed by atoms with E-state index in [-0.39, 0.29) is 5.78 Å². The Bertz CT molecular complexity index is 329. The van der Waals surface area contributed by atoms with Gasteiger partial charge < -0.3 is 5.32 Å². The molecule has 5 heteroatoms. The summed E-state index contributed by atoms with van der Waals surface area (Å²) in [5.41, 5.74) is 0. The number of rotatable bonds is 5. The van der Waals surface area contributed by atoms with Crippen LogP contribution < -0.4 is 5.32 Å². The van der Waals surface area contributed by atoms with Crippen LogP contribution in [0.3, 0.4) is 0 Å². The fraction of sp³-hybridized carbons (Fsp3) is 0.667. The zero-order valence-corrected chi connectivity index (χ0v) is 8.23. The summed E-state index contributed by atoms with van der Waals surface area (Å²) in [7, 11) is 1.80. The van der Waals surface area contributed by atoms with Crippen molar-refractivity contribution in [2.24, 2.45) is 7.05 Å². The Labute approximate surface area is 82.5 Å². The first-order valence-electron chi connectivity index (χ1n) is 4.83. The molecular weight excluding hydrogens is 180 g/mol. The lowest BCUT2D eigenvalue weighted by Gasteiger charge is -2.01. The monoisotopic (exact) mass is 194 g/mol. The summed E-state index contributed by atoms with van der Waals surface area (Å²) in [6.45, 7) is 0.456. The molecule has 1 saturated carbocycles. The van der Waals surface area contributed by atoms with Gasteiger partial charge in [-0.3, -0.25) is 9.48 Å². The molecule has 1 aromatic heterocycles. The number of carbonyl (C=O) groups is 1. The molecule has 14 heavy (non-hydrogen) atoms. The third-order valence-electron chi connectivity index (χ3n) is 2.33. The number of hydrogen-bond donors (Lipinski definition) is 1. The zero-order chi connectivity index (χ0) is 9.97. The molecule has 1 aliphatic rings. The van der Waals surface area contributed by atoms with Crippen molar-refractivity contribution in [1.82, 2.24) is 20.1 Å². The number of aryl methyl sites for hydroxylation is 1. The van der Waals surface area contributed by atoms with E-state index in [0.717, 1.165) is 5.82 Å². The Hall–Kier alpha value is -1.23. The van der Waals surface area contributed by atoms with Crippen LogP contribution in [0, 0.1) is 0 Å². The predicted octanol–water partition coefficient (Wildman–Crippen LogP) is -0.321. The number of nitrogens with zero attached hydrogens (tertiary/aromatic N) is 3. The van der Waals surface area contributed by atoms with Crippen LogP contribution in [0.15, 0.2) is 6.33 Å². The first-order valence-corrected chi connectivity index (χ1v) is 4.83. The average Bonchev–Trinajstić information content (AvgIpc) is 2.90. The van der Waals surface area contributed by atoms with Crippen molar-refractivity contribution in [3.63, 3.8) is 0 Å². The van der Waals surface area contributed by atoms with Gasteiger partial charge in [-0.15, -0.1) is 0 Å². The highest BCUT2D eigenvalue weighted by atomic mass is 16.1. The van der Waals surface area contributed by atoms with Gasteiger partial charge in [-0.25, -0.2) is 4.98 Å². The van der Waals surface area contributed by atoms with Crippen LogP contribution in [0.25, 0.3) is 0 Å². The van der Waals surface area contributed by atoms with Crippen molar-refractivity contribution < 1.29 is 4.79 Å². The van der Waals surface area contributed by atoms with Crippen molar-refractivity contribution in [3.8, 4) is 0 Å². The number of nitrogens with one attached hydrogen (secondary N) is 1. The van der Waals surface area contributed by atoms with Crippen molar-refractivity contribution in [2.75, 3.05) is 6.54 Å². The second-order valence-corrected chi connectivity index (χ2v) is 3.67. The standard InChI is InChI=1S/C9H14N4O/c1-13-9(11-6-12-13)4-8(14)5-10-7-2-3-7/h6-7,10H,2-5H2,1H3. The molecule has 0 saturated heterocycles. The smallest absolute Gasteiger partial charge is 0.154 e. The van der Waals surface area contributed by atoms with E-state index in [9.17, 15) is 4.79 Å². The third kappa shape index (κ3) is 2.38. The van der Waals surface area contributed by atoms with Crippen LogP contribution in [0.2, 0.25) is 0 Å². The van der Waals surface area contributed by atoms with Gasteiger partial charge in [0.1, 0.15) is 12.2 Å². The van der Waals surface area contributed by atoms with Crippen molar-refractivity contribution in [3.05, 3.63) is 12.2 Å². The summed E-state index contributed by atoms with van der Waals surface area (Å²) < 4.78 is 1.63. The molecule has 0 unspecified atom stereocenters. The molecule has 0 aromatic carbocycles. The molecule has 2 rings (SSSR count). The number of Topliss-reactive ketones (excluding diaryl/α,β-unsaturated/α-hetero) is 1. The summed E-state index contributed by atoms with van der Waals surface area (Å²) in [5, 5.41) is 7.09. The molecule has 0 aliphatic heterocycles. The van der Waals surface area contributed by atoms with E-state index in [0.29, 0.717) is 19.0 Å². The lowest BCUT2D eigenvalue weighted by Crippen LogP contribution is -2.26. The van der Waals surface area contributed by atoms with E-state index in [1.807, 2.05) is 0 Å². The molecule has 0 atom stereocenters. The maximum Gasteiger partial charge on any atom is 0.154 e. The molecule has 5 nitrogen and oxygen atoms in total. The van der Waals surface area contributed by atoms with Gasteiger partial charge >= 0.3 is 0 Å². The molecule has 1 aromatic rings. The van der Waals surface area contributed by atoms with Crippen LogP contribution in [0.5, 0.6) is 0 Å². The van der Waals surface area contributed by atoms with E-state index < -0.39 is 0 Å². The molecule has 1 heterocycles. The second kappa shape index (κ2) is 3.88. The first kappa shape index (κ1) is 9.33. The van der Waals surface area contributed by atoms with Crippen LogP contribution in [0.1, 0.15) is 18.7 Å². The van der Waals surface area contributed by atoms with Gasteiger partial charge in [-0.2, -0.15) is 5.10 Å². The lowest BCUT2D eigenvalue weighted by molar-refractivity contribution is -0.117. The summed E-state index contributed by atoms with van der Waals surface area (Å²) in [5.74, 6) is 0.903. The number of ketones is 1. The van der Waals surface area contributed by atoms with Gasteiger partial charge in [-0.05, 0) is 12.8 Å². The maximum absolute atomic E-state index is 11.5. The van der Waals surface area contributed by atoms with Crippen LogP contribution >= 0.6 is 0 Å². The van der Waals surface area contributed by atoms with Gasteiger partial charge in [0.2, 0.25) is 0 Å². The Morgan fingerprint density at radius 1 is 1.71 bits per heavy atom. The molecule has 0 spiro atoms. The molecular formula is C9H14N4O. The fourth-order valence-electron chi connectivity index (χ4n) is 1.26. The molecule has 0 radical (unpaired) electrons. The van der Waals surface area contributed by atoms with Crippen LogP contribution in [-0.2, 0) is 18.3 Å². The minimum Gasteiger partial charge on any atom is -0.307 e. The maximum atomic E-state index is 11.5. The number of carbonyl (C=O) groups excluding carboxylic acids is 1. The van der Waals surface area contributed by atoms with Gasteiger partial charge in [0, 0.05) is 13.1 Å². The Morgan fingerprint density at radius 3 is 3.07 bits per heavy atom. The Balaban J connectivity index is 1.78. The lowest BCUT2D eigenvalue weighted by atomic mass is 10.2. The molecule has 1 aliphatic carbocycles. The quantitative estimate of drug-likeness (QED) is 0.697. The number of aromatic nitrogens is 3. The highest BCUT2D eigenvalue weighted by Crippen LogP contribution is 2.18. The number of hydrogen-bond acceptors (Lipinski definition) is 4. The van der Waals surface area contributed by atoms with E-state index in [4.69, 9.17) is 0 Å². The minimum absolute atomic E-state index is 0.174. The van der Waals surface area contributed by atoms with Gasteiger partial charge in [0.25, 0.3) is 0 Å². The van der Waals surface area contributed by atoms with Crippen molar-refractivity contribution in [2.45, 2.75) is 25.3 Å². The molecule has 76 valence electrons. The van der Waals surface area contributed by atoms with E-state index in [1.165, 1.54) is 19.2 Å². The van der Waals surface area contributed by atoms with Crippen molar-refractivity contribution >= 4 is 5.78 Å². The van der Waals surface area contributed by atoms with Crippen LogP contribution in [0.4, 0.5) is 0 Å². The average molecular weight is 194 g/mol. The molecule has 0 bridgehead atoms. The molecule has 1 N–H and O–H groups in total. The summed E-state index contributed by atoms with van der Waals surface area (Å²) in [4.78, 5) is 15.5. The largest absolute Gasteiger partial charge is 0.307 e. The van der Waals surface area contributed by atoms with Gasteiger partial charge in [-0.1, -0.05) is 0 Å². The van der Waals surface area contributed by atoms with E-state index in [1.54, 1.807) is 11.7 Å². The fourth-order valence-corrected chi connectivity index (χ4v) is 1.26. The SMILES string of the molecule is Cn1ncnc1CC(=O)CNC1CC1. The first-order chi connectivity index (χ1) is 6.75. The zero-order valence-electron chi connectivity index (χ0n) is 8.23. The topological polar surface area (TPSA) is 59.8 Å².